The largest absolute Gasteiger partial charge is 0.325 e. The smallest absolute Gasteiger partial charge is 0.240 e. The van der Waals surface area contributed by atoms with Crippen LogP contribution in [0, 0.1) is 0 Å². The minimum Gasteiger partial charge on any atom is -0.325 e. The van der Waals surface area contributed by atoms with Gasteiger partial charge in [-0.2, -0.15) is 5.10 Å². The predicted octanol–water partition coefficient (Wildman–Crippen LogP) is 3.12. The average molecular weight is 408 g/mol. The average Bonchev–Trinajstić information content (AvgIpc) is 3.23. The van der Waals surface area contributed by atoms with Gasteiger partial charge in [0, 0.05) is 23.9 Å². The number of aromatic nitrogens is 3. The molecule has 29 heavy (non-hydrogen) atoms. The van der Waals surface area contributed by atoms with Crippen molar-refractivity contribution in [1.29, 1.82) is 0 Å². The molecule has 1 spiro atoms. The first kappa shape index (κ1) is 17.9. The summed E-state index contributed by atoms with van der Waals surface area (Å²) in [5.74, 6) is 0.122. The third-order valence-electron chi connectivity index (χ3n) is 5.67. The number of pyridine rings is 1. The Labute approximate surface area is 172 Å². The maximum Gasteiger partial charge on any atom is 0.240 e. The number of anilines is 2. The highest BCUT2D eigenvalue weighted by Gasteiger charge is 2.54. The maximum atomic E-state index is 13.2. The third kappa shape index (κ3) is 2.65. The Bertz CT molecular complexity index is 1150. The van der Waals surface area contributed by atoms with Crippen LogP contribution in [0.3, 0.4) is 0 Å². The standard InChI is InChI=1S/C21H18ClN5O2/c1-2-12-3-6-17-15(7-12)21(20(29)25-17)8-18(28)26-19-16(21)10-24-27(19)11-14-5-4-13(22)9-23-14/h3-7,9-10H,2,8,11H2,1H3,(H,25,29)(H,26,28)/t21-/m1/s1. The molecule has 0 saturated carbocycles. The molecule has 1 atom stereocenters. The van der Waals surface area contributed by atoms with Crippen molar-refractivity contribution in [2.75, 3.05) is 10.6 Å². The molecule has 4 heterocycles. The molecule has 0 fully saturated rings. The molecule has 5 rings (SSSR count). The molecule has 2 N–H and O–H groups in total. The topological polar surface area (TPSA) is 88.9 Å². The molecule has 1 aromatic carbocycles. The Balaban J connectivity index is 1.64. The van der Waals surface area contributed by atoms with Crippen LogP contribution in [-0.2, 0) is 28.0 Å². The van der Waals surface area contributed by atoms with Crippen LogP contribution in [0.2, 0.25) is 5.02 Å². The molecular formula is C21H18ClN5O2. The van der Waals surface area contributed by atoms with E-state index in [1.165, 1.54) is 0 Å². The van der Waals surface area contributed by atoms with Crippen molar-refractivity contribution in [3.05, 3.63) is 70.1 Å². The zero-order valence-corrected chi connectivity index (χ0v) is 16.5. The molecular weight excluding hydrogens is 390 g/mol. The molecule has 2 aliphatic rings. The van der Waals surface area contributed by atoms with Gasteiger partial charge >= 0.3 is 0 Å². The zero-order chi connectivity index (χ0) is 20.2. The monoisotopic (exact) mass is 407 g/mol. The van der Waals surface area contributed by atoms with Crippen LogP contribution in [0.5, 0.6) is 0 Å². The highest BCUT2D eigenvalue weighted by molar-refractivity contribution is 6.30. The van der Waals surface area contributed by atoms with E-state index in [9.17, 15) is 9.59 Å². The fourth-order valence-electron chi connectivity index (χ4n) is 4.18. The highest BCUT2D eigenvalue weighted by Crippen LogP contribution is 2.50. The highest BCUT2D eigenvalue weighted by atomic mass is 35.5. The van der Waals surface area contributed by atoms with E-state index in [2.05, 4.69) is 27.6 Å². The Morgan fingerprint density at radius 2 is 2.00 bits per heavy atom. The Morgan fingerprint density at radius 3 is 2.76 bits per heavy atom. The molecule has 0 unspecified atom stereocenters. The van der Waals surface area contributed by atoms with Crippen molar-refractivity contribution in [2.24, 2.45) is 0 Å². The summed E-state index contributed by atoms with van der Waals surface area (Å²) in [7, 11) is 0. The molecule has 0 aliphatic carbocycles. The number of nitrogens with one attached hydrogen (secondary N) is 2. The summed E-state index contributed by atoms with van der Waals surface area (Å²) in [6, 6.07) is 9.50. The van der Waals surface area contributed by atoms with Crippen molar-refractivity contribution in [1.82, 2.24) is 14.8 Å². The van der Waals surface area contributed by atoms with Gasteiger partial charge in [-0.05, 0) is 35.7 Å². The number of aryl methyl sites for hydroxylation is 1. The fourth-order valence-corrected chi connectivity index (χ4v) is 4.29. The van der Waals surface area contributed by atoms with E-state index in [4.69, 9.17) is 11.6 Å². The number of carbonyl (C=O) groups excluding carboxylic acids is 2. The van der Waals surface area contributed by atoms with Crippen molar-refractivity contribution >= 4 is 34.9 Å². The van der Waals surface area contributed by atoms with E-state index in [-0.39, 0.29) is 18.2 Å². The second-order valence-electron chi connectivity index (χ2n) is 7.35. The van der Waals surface area contributed by atoms with Gasteiger partial charge in [-0.1, -0.05) is 30.7 Å². The van der Waals surface area contributed by atoms with Gasteiger partial charge in [0.05, 0.1) is 23.5 Å². The van der Waals surface area contributed by atoms with Gasteiger partial charge in [0.1, 0.15) is 11.2 Å². The van der Waals surface area contributed by atoms with Crippen LogP contribution in [-0.4, -0.2) is 26.6 Å². The summed E-state index contributed by atoms with van der Waals surface area (Å²) >= 11 is 5.91. The summed E-state index contributed by atoms with van der Waals surface area (Å²) in [6.07, 6.45) is 4.15. The van der Waals surface area contributed by atoms with Crippen LogP contribution in [0.4, 0.5) is 11.5 Å². The van der Waals surface area contributed by atoms with Gasteiger partial charge in [0.2, 0.25) is 11.8 Å². The fraction of sp³-hybridized carbons (Fsp3) is 0.238. The number of carbonyl (C=O) groups is 2. The van der Waals surface area contributed by atoms with E-state index in [0.717, 1.165) is 28.9 Å². The van der Waals surface area contributed by atoms with Crippen LogP contribution >= 0.6 is 11.6 Å². The van der Waals surface area contributed by atoms with Gasteiger partial charge in [0.15, 0.2) is 0 Å². The van der Waals surface area contributed by atoms with Crippen LogP contribution in [0.25, 0.3) is 0 Å². The summed E-state index contributed by atoms with van der Waals surface area (Å²) in [4.78, 5) is 30.1. The van der Waals surface area contributed by atoms with E-state index in [1.54, 1.807) is 23.1 Å². The number of rotatable bonds is 3. The zero-order valence-electron chi connectivity index (χ0n) is 15.7. The number of hydrogen-bond donors (Lipinski definition) is 2. The summed E-state index contributed by atoms with van der Waals surface area (Å²) < 4.78 is 1.67. The Morgan fingerprint density at radius 1 is 1.14 bits per heavy atom. The van der Waals surface area contributed by atoms with E-state index in [0.29, 0.717) is 22.9 Å². The summed E-state index contributed by atoms with van der Waals surface area (Å²) in [6.45, 7) is 2.42. The molecule has 0 saturated heterocycles. The number of benzene rings is 1. The lowest BCUT2D eigenvalue weighted by molar-refractivity contribution is -0.125. The molecule has 7 nitrogen and oxygen atoms in total. The normalized spacial score (nSPS) is 19.7. The lowest BCUT2D eigenvalue weighted by Gasteiger charge is -2.31. The van der Waals surface area contributed by atoms with Gasteiger partial charge in [0.25, 0.3) is 0 Å². The molecule has 146 valence electrons. The van der Waals surface area contributed by atoms with E-state index < -0.39 is 5.41 Å². The third-order valence-corrected chi connectivity index (χ3v) is 5.89. The number of hydrogen-bond acceptors (Lipinski definition) is 4. The van der Waals surface area contributed by atoms with E-state index >= 15 is 0 Å². The second-order valence-corrected chi connectivity index (χ2v) is 7.79. The molecule has 3 aromatic rings. The molecule has 8 heteroatoms. The van der Waals surface area contributed by atoms with Crippen LogP contribution < -0.4 is 10.6 Å². The number of nitrogens with zero attached hydrogens (tertiary/aromatic N) is 3. The van der Waals surface area contributed by atoms with Crippen LogP contribution in [0.1, 0.15) is 35.7 Å². The molecule has 0 bridgehead atoms. The SMILES string of the molecule is CCc1ccc2c(c1)[C@@]1(CC(=O)Nc3c1cnn3Cc1ccc(Cl)cn1)C(=O)N2. The Kier molecular flexibility index (Phi) is 3.96. The number of amides is 2. The predicted molar refractivity (Wildman–Crippen MR) is 109 cm³/mol. The molecule has 2 aromatic heterocycles. The minimum atomic E-state index is -1.07. The first-order valence-electron chi connectivity index (χ1n) is 9.42. The maximum absolute atomic E-state index is 13.2. The summed E-state index contributed by atoms with van der Waals surface area (Å²) in [5.41, 5.74) is 3.09. The molecule has 0 radical (unpaired) electrons. The van der Waals surface area contributed by atoms with Gasteiger partial charge in [-0.25, -0.2) is 4.68 Å². The first-order valence-corrected chi connectivity index (χ1v) is 9.80. The number of halogens is 1. The van der Waals surface area contributed by atoms with E-state index in [1.807, 2.05) is 24.3 Å². The van der Waals surface area contributed by atoms with Gasteiger partial charge in [-0.3, -0.25) is 14.6 Å². The van der Waals surface area contributed by atoms with Crippen molar-refractivity contribution in [3.63, 3.8) is 0 Å². The van der Waals surface area contributed by atoms with Gasteiger partial charge < -0.3 is 10.6 Å². The van der Waals surface area contributed by atoms with Gasteiger partial charge in [-0.15, -0.1) is 0 Å². The lowest BCUT2D eigenvalue weighted by atomic mass is 9.71. The second kappa shape index (κ2) is 6.42. The summed E-state index contributed by atoms with van der Waals surface area (Å²) in [5, 5.41) is 10.9. The lowest BCUT2D eigenvalue weighted by Crippen LogP contribution is -2.43. The van der Waals surface area contributed by atoms with Crippen molar-refractivity contribution < 1.29 is 9.59 Å². The van der Waals surface area contributed by atoms with Crippen molar-refractivity contribution in [3.8, 4) is 0 Å². The molecule has 2 aliphatic heterocycles. The number of fused-ring (bicyclic) bond motifs is 4. The molecule has 2 amide bonds. The minimum absolute atomic E-state index is 0.0525. The van der Waals surface area contributed by atoms with Crippen molar-refractivity contribution in [2.45, 2.75) is 31.7 Å². The Hall–Kier alpha value is -3.19. The van der Waals surface area contributed by atoms with Crippen LogP contribution in [0.15, 0.2) is 42.7 Å². The first-order chi connectivity index (χ1) is 14.0. The quantitative estimate of drug-likeness (QED) is 0.698.